The maximum atomic E-state index is 12.1. The Balaban J connectivity index is 0.00000289. The lowest BCUT2D eigenvalue weighted by Gasteiger charge is -2.15. The summed E-state index contributed by atoms with van der Waals surface area (Å²) in [5.41, 5.74) is 4.53. The maximum Gasteiger partial charge on any atom is 0.390 e. The summed E-state index contributed by atoms with van der Waals surface area (Å²) in [5, 5.41) is 19.7. The number of hydrogen-bond acceptors (Lipinski definition) is 4. The van der Waals surface area contributed by atoms with Crippen molar-refractivity contribution in [1.82, 2.24) is 0 Å². The van der Waals surface area contributed by atoms with Crippen LogP contribution in [0.5, 0.6) is 5.75 Å². The van der Waals surface area contributed by atoms with Gasteiger partial charge in [0.2, 0.25) is 0 Å². The summed E-state index contributed by atoms with van der Waals surface area (Å²) in [7, 11) is 0. The molecule has 0 aliphatic heterocycles. The number of benzene rings is 1. The standard InChI is InChI=1S/C9H9F3N2O3.ClH/c10-9(11,12)4-7(13)6-3-5(14(16)17)1-2-8(6)15;/h1-3,7,15H,4,13H2;1H/t7-;/m1./s1. The summed E-state index contributed by atoms with van der Waals surface area (Å²) < 4.78 is 36.3. The van der Waals surface area contributed by atoms with Crippen molar-refractivity contribution in [3.05, 3.63) is 33.9 Å². The fourth-order valence-electron chi connectivity index (χ4n) is 1.31. The molecule has 0 unspecified atom stereocenters. The molecule has 0 saturated heterocycles. The van der Waals surface area contributed by atoms with Crippen LogP contribution in [0.25, 0.3) is 0 Å². The number of phenols is 1. The van der Waals surface area contributed by atoms with Gasteiger partial charge >= 0.3 is 6.18 Å². The number of non-ortho nitro benzene ring substituents is 1. The van der Waals surface area contributed by atoms with Gasteiger partial charge in [-0.1, -0.05) is 0 Å². The van der Waals surface area contributed by atoms with Gasteiger partial charge in [0, 0.05) is 23.7 Å². The highest BCUT2D eigenvalue weighted by Crippen LogP contribution is 2.33. The lowest BCUT2D eigenvalue weighted by Crippen LogP contribution is -2.20. The van der Waals surface area contributed by atoms with Crippen molar-refractivity contribution in [2.45, 2.75) is 18.6 Å². The third-order valence-corrected chi connectivity index (χ3v) is 2.07. The van der Waals surface area contributed by atoms with E-state index in [4.69, 9.17) is 5.73 Å². The van der Waals surface area contributed by atoms with Gasteiger partial charge in [-0.15, -0.1) is 12.4 Å². The highest BCUT2D eigenvalue weighted by molar-refractivity contribution is 5.85. The Kier molecular flexibility index (Phi) is 5.37. The number of nitrogens with zero attached hydrogens (tertiary/aromatic N) is 1. The average molecular weight is 287 g/mol. The molecule has 1 aromatic carbocycles. The van der Waals surface area contributed by atoms with Crippen LogP contribution in [-0.4, -0.2) is 16.2 Å². The van der Waals surface area contributed by atoms with Crippen LogP contribution >= 0.6 is 12.4 Å². The molecule has 0 amide bonds. The number of alkyl halides is 3. The zero-order valence-electron chi connectivity index (χ0n) is 8.85. The third kappa shape index (κ3) is 4.38. The lowest BCUT2D eigenvalue weighted by atomic mass is 10.0. The zero-order chi connectivity index (χ0) is 13.2. The van der Waals surface area contributed by atoms with E-state index in [2.05, 4.69) is 0 Å². The Morgan fingerprint density at radius 2 is 2.00 bits per heavy atom. The molecule has 0 aromatic heterocycles. The molecule has 0 radical (unpaired) electrons. The molecule has 9 heteroatoms. The van der Waals surface area contributed by atoms with Crippen molar-refractivity contribution in [1.29, 1.82) is 0 Å². The van der Waals surface area contributed by atoms with Gasteiger partial charge in [-0.25, -0.2) is 0 Å². The predicted octanol–water partition coefficient (Wildman–Crippen LogP) is 2.67. The SMILES string of the molecule is Cl.N[C@H](CC(F)(F)F)c1cc([N+](=O)[O-])ccc1O. The van der Waals surface area contributed by atoms with Crippen molar-refractivity contribution in [3.8, 4) is 5.75 Å². The van der Waals surface area contributed by atoms with E-state index in [0.717, 1.165) is 18.2 Å². The van der Waals surface area contributed by atoms with E-state index < -0.39 is 35.0 Å². The number of nitro groups is 1. The van der Waals surface area contributed by atoms with E-state index in [-0.39, 0.29) is 18.0 Å². The number of hydrogen-bond donors (Lipinski definition) is 2. The molecular formula is C9H10ClF3N2O3. The van der Waals surface area contributed by atoms with Crippen molar-refractivity contribution in [3.63, 3.8) is 0 Å². The van der Waals surface area contributed by atoms with Gasteiger partial charge in [-0.05, 0) is 6.07 Å². The van der Waals surface area contributed by atoms with Gasteiger partial charge in [0.25, 0.3) is 5.69 Å². The van der Waals surface area contributed by atoms with Crippen LogP contribution in [-0.2, 0) is 0 Å². The number of phenolic OH excluding ortho intramolecular Hbond substituents is 1. The molecule has 5 nitrogen and oxygen atoms in total. The molecule has 0 aliphatic carbocycles. The van der Waals surface area contributed by atoms with Gasteiger partial charge in [0.1, 0.15) is 5.75 Å². The first-order valence-corrected chi connectivity index (χ1v) is 4.50. The molecule has 1 aromatic rings. The van der Waals surface area contributed by atoms with E-state index in [9.17, 15) is 28.4 Å². The van der Waals surface area contributed by atoms with Crippen LogP contribution in [0, 0.1) is 10.1 Å². The first-order chi connectivity index (χ1) is 7.70. The molecule has 0 aliphatic rings. The largest absolute Gasteiger partial charge is 0.508 e. The number of nitrogens with two attached hydrogens (primary N) is 1. The molecule has 0 fully saturated rings. The smallest absolute Gasteiger partial charge is 0.390 e. The molecule has 0 saturated carbocycles. The average Bonchev–Trinajstić information content (AvgIpc) is 2.14. The quantitative estimate of drug-likeness (QED) is 0.660. The van der Waals surface area contributed by atoms with Gasteiger partial charge < -0.3 is 10.8 Å². The van der Waals surface area contributed by atoms with Crippen LogP contribution in [0.1, 0.15) is 18.0 Å². The number of rotatable bonds is 3. The van der Waals surface area contributed by atoms with E-state index >= 15 is 0 Å². The van der Waals surface area contributed by atoms with Crippen LogP contribution in [0.4, 0.5) is 18.9 Å². The Hall–Kier alpha value is -1.54. The minimum absolute atomic E-state index is 0. The van der Waals surface area contributed by atoms with Gasteiger partial charge in [-0.3, -0.25) is 10.1 Å². The Bertz CT molecular complexity index is 440. The van der Waals surface area contributed by atoms with Crippen molar-refractivity contribution in [2.24, 2.45) is 5.73 Å². The Morgan fingerprint density at radius 3 is 2.44 bits per heavy atom. The van der Waals surface area contributed by atoms with Gasteiger partial charge in [0.05, 0.1) is 11.3 Å². The first kappa shape index (κ1) is 16.5. The summed E-state index contributed by atoms with van der Waals surface area (Å²) in [4.78, 5) is 9.66. The normalized spacial score (nSPS) is 12.7. The number of nitro benzene ring substituents is 1. The van der Waals surface area contributed by atoms with Gasteiger partial charge in [-0.2, -0.15) is 13.2 Å². The molecule has 18 heavy (non-hydrogen) atoms. The van der Waals surface area contributed by atoms with Crippen molar-refractivity contribution in [2.75, 3.05) is 0 Å². The fraction of sp³-hybridized carbons (Fsp3) is 0.333. The van der Waals surface area contributed by atoms with Crippen molar-refractivity contribution < 1.29 is 23.2 Å². The molecule has 102 valence electrons. The van der Waals surface area contributed by atoms with E-state index in [1.54, 1.807) is 0 Å². The van der Waals surface area contributed by atoms with Crippen LogP contribution < -0.4 is 5.73 Å². The molecule has 3 N–H and O–H groups in total. The van der Waals surface area contributed by atoms with Crippen LogP contribution in [0.15, 0.2) is 18.2 Å². The lowest BCUT2D eigenvalue weighted by molar-refractivity contribution is -0.385. The van der Waals surface area contributed by atoms with E-state index in [0.29, 0.717) is 0 Å². The second-order valence-corrected chi connectivity index (χ2v) is 3.43. The van der Waals surface area contributed by atoms with Crippen LogP contribution in [0.3, 0.4) is 0 Å². The second kappa shape index (κ2) is 5.87. The predicted molar refractivity (Wildman–Crippen MR) is 59.6 cm³/mol. The van der Waals surface area contributed by atoms with Crippen molar-refractivity contribution >= 4 is 18.1 Å². The minimum atomic E-state index is -4.50. The molecule has 1 rings (SSSR count). The number of aromatic hydroxyl groups is 1. The highest BCUT2D eigenvalue weighted by Gasteiger charge is 2.32. The molecule has 0 bridgehead atoms. The highest BCUT2D eigenvalue weighted by atomic mass is 35.5. The Labute approximate surface area is 106 Å². The second-order valence-electron chi connectivity index (χ2n) is 3.43. The van der Waals surface area contributed by atoms with E-state index in [1.807, 2.05) is 0 Å². The minimum Gasteiger partial charge on any atom is -0.508 e. The summed E-state index contributed by atoms with van der Waals surface area (Å²) in [6.07, 6.45) is -5.86. The fourth-order valence-corrected chi connectivity index (χ4v) is 1.31. The maximum absolute atomic E-state index is 12.1. The van der Waals surface area contributed by atoms with E-state index in [1.165, 1.54) is 0 Å². The third-order valence-electron chi connectivity index (χ3n) is 2.07. The summed E-state index contributed by atoms with van der Waals surface area (Å²) in [6, 6.07) is 1.24. The molecular weight excluding hydrogens is 277 g/mol. The molecule has 0 spiro atoms. The first-order valence-electron chi connectivity index (χ1n) is 4.50. The number of halogens is 4. The summed E-state index contributed by atoms with van der Waals surface area (Å²) in [5.74, 6) is -0.493. The molecule has 0 heterocycles. The summed E-state index contributed by atoms with van der Waals surface area (Å²) in [6.45, 7) is 0. The molecule has 1 atom stereocenters. The van der Waals surface area contributed by atoms with Gasteiger partial charge in [0.15, 0.2) is 0 Å². The topological polar surface area (TPSA) is 89.4 Å². The summed E-state index contributed by atoms with van der Waals surface area (Å²) >= 11 is 0. The van der Waals surface area contributed by atoms with Crippen LogP contribution in [0.2, 0.25) is 0 Å². The Morgan fingerprint density at radius 1 is 1.44 bits per heavy atom. The monoisotopic (exact) mass is 286 g/mol. The zero-order valence-corrected chi connectivity index (χ0v) is 9.66.